The van der Waals surface area contributed by atoms with Crippen molar-refractivity contribution in [1.82, 2.24) is 0 Å². The summed E-state index contributed by atoms with van der Waals surface area (Å²) in [4.78, 5) is 10.5. The van der Waals surface area contributed by atoms with Crippen LogP contribution in [0.4, 0.5) is 0 Å². The number of benzene rings is 2. The van der Waals surface area contributed by atoms with Crippen LogP contribution in [0.15, 0.2) is 42.5 Å². The summed E-state index contributed by atoms with van der Waals surface area (Å²) in [7, 11) is 0. The van der Waals surface area contributed by atoms with E-state index in [-0.39, 0.29) is 0 Å². The van der Waals surface area contributed by atoms with E-state index < -0.39 is 0 Å². The minimum Gasteiger partial charge on any atom is -0.298 e. The Morgan fingerprint density at radius 2 is 1.94 bits per heavy atom. The summed E-state index contributed by atoms with van der Waals surface area (Å²) in [5.74, 6) is 0. The molecule has 0 atom stereocenters. The molecule has 0 aliphatic rings. The smallest absolute Gasteiger partial charge is 0.150 e. The molecule has 0 aliphatic heterocycles. The molecule has 0 heterocycles. The first kappa shape index (κ1) is 10.1. The molecular formula is C14H8NO. The Morgan fingerprint density at radius 3 is 2.56 bits per heavy atom. The van der Waals surface area contributed by atoms with Gasteiger partial charge in [0, 0.05) is 5.56 Å². The second-order valence-electron chi connectivity index (χ2n) is 3.34. The van der Waals surface area contributed by atoms with Gasteiger partial charge in [0.2, 0.25) is 0 Å². The third-order valence-corrected chi connectivity index (χ3v) is 2.29. The second kappa shape index (κ2) is 4.41. The van der Waals surface area contributed by atoms with E-state index in [0.29, 0.717) is 11.1 Å². The Labute approximate surface area is 93.8 Å². The largest absolute Gasteiger partial charge is 0.298 e. The van der Waals surface area contributed by atoms with Crippen LogP contribution in [0.5, 0.6) is 0 Å². The van der Waals surface area contributed by atoms with Crippen molar-refractivity contribution in [3.05, 3.63) is 59.7 Å². The minimum atomic E-state index is 0.605. The molecular weight excluding hydrogens is 198 g/mol. The van der Waals surface area contributed by atoms with Crippen molar-refractivity contribution in [2.24, 2.45) is 0 Å². The van der Waals surface area contributed by atoms with Crippen molar-refractivity contribution >= 4 is 6.29 Å². The van der Waals surface area contributed by atoms with Gasteiger partial charge in [0.15, 0.2) is 0 Å². The van der Waals surface area contributed by atoms with E-state index in [1.165, 1.54) is 0 Å². The Balaban J connectivity index is 2.42. The number of nitriles is 1. The van der Waals surface area contributed by atoms with E-state index >= 15 is 0 Å². The molecule has 0 aliphatic carbocycles. The first-order chi connectivity index (χ1) is 7.83. The first-order valence-corrected chi connectivity index (χ1v) is 4.81. The van der Waals surface area contributed by atoms with Gasteiger partial charge >= 0.3 is 0 Å². The number of hydrogen-bond acceptors (Lipinski definition) is 2. The molecule has 0 fully saturated rings. The summed E-state index contributed by atoms with van der Waals surface area (Å²) in [6.07, 6.45) is 0.805. The standard InChI is InChI=1S/C14H8NO/c15-9-12-2-1-3-14(8-12)13-6-4-11(10-16)5-7-13/h1-2,4-8,10H. The average molecular weight is 206 g/mol. The number of carbonyl (C=O) groups excluding carboxylic acids is 1. The molecule has 0 N–H and O–H groups in total. The van der Waals surface area contributed by atoms with Crippen molar-refractivity contribution in [3.8, 4) is 17.2 Å². The first-order valence-electron chi connectivity index (χ1n) is 4.81. The molecule has 2 rings (SSSR count). The predicted molar refractivity (Wildman–Crippen MR) is 60.8 cm³/mol. The third-order valence-electron chi connectivity index (χ3n) is 2.29. The lowest BCUT2D eigenvalue weighted by atomic mass is 10.0. The van der Waals surface area contributed by atoms with Crippen LogP contribution in [-0.4, -0.2) is 6.29 Å². The van der Waals surface area contributed by atoms with Gasteiger partial charge in [-0.15, -0.1) is 0 Å². The zero-order valence-electron chi connectivity index (χ0n) is 8.47. The summed E-state index contributed by atoms with van der Waals surface area (Å²) < 4.78 is 0. The normalized spacial score (nSPS) is 9.44. The number of aldehydes is 1. The van der Waals surface area contributed by atoms with Gasteiger partial charge in [0.25, 0.3) is 0 Å². The van der Waals surface area contributed by atoms with E-state index in [2.05, 4.69) is 12.1 Å². The van der Waals surface area contributed by atoms with Crippen LogP contribution in [0.2, 0.25) is 0 Å². The highest BCUT2D eigenvalue weighted by Crippen LogP contribution is 2.19. The van der Waals surface area contributed by atoms with Gasteiger partial charge in [-0.1, -0.05) is 30.3 Å². The molecule has 0 bridgehead atoms. The molecule has 2 aromatic rings. The fourth-order valence-electron chi connectivity index (χ4n) is 1.44. The maximum Gasteiger partial charge on any atom is 0.150 e. The number of rotatable bonds is 2. The van der Waals surface area contributed by atoms with Gasteiger partial charge < -0.3 is 0 Å². The molecule has 16 heavy (non-hydrogen) atoms. The van der Waals surface area contributed by atoms with Crippen molar-refractivity contribution in [3.63, 3.8) is 0 Å². The van der Waals surface area contributed by atoms with Crippen molar-refractivity contribution < 1.29 is 4.79 Å². The highest BCUT2D eigenvalue weighted by molar-refractivity contribution is 5.77. The average Bonchev–Trinajstić information content (AvgIpc) is 2.39. The molecule has 1 radical (unpaired) electrons. The van der Waals surface area contributed by atoms with Crippen molar-refractivity contribution in [1.29, 1.82) is 5.26 Å². The van der Waals surface area contributed by atoms with Gasteiger partial charge in [0.1, 0.15) is 6.29 Å². The molecule has 0 saturated heterocycles. The molecule has 0 spiro atoms. The molecule has 2 nitrogen and oxygen atoms in total. The molecule has 2 heteroatoms. The number of nitrogens with zero attached hydrogens (tertiary/aromatic N) is 1. The molecule has 0 saturated carbocycles. The van der Waals surface area contributed by atoms with E-state index in [4.69, 9.17) is 5.26 Å². The van der Waals surface area contributed by atoms with Crippen LogP contribution >= 0.6 is 0 Å². The van der Waals surface area contributed by atoms with Crippen LogP contribution in [0, 0.1) is 17.4 Å². The predicted octanol–water partition coefficient (Wildman–Crippen LogP) is 2.84. The highest BCUT2D eigenvalue weighted by Gasteiger charge is 1.99. The summed E-state index contributed by atoms with van der Waals surface area (Å²) in [6.45, 7) is 0. The molecule has 75 valence electrons. The zero-order valence-corrected chi connectivity index (χ0v) is 8.47. The van der Waals surface area contributed by atoms with Crippen LogP contribution < -0.4 is 0 Å². The van der Waals surface area contributed by atoms with Gasteiger partial charge in [-0.05, 0) is 29.3 Å². The zero-order chi connectivity index (χ0) is 11.4. The van der Waals surface area contributed by atoms with E-state index in [1.807, 2.05) is 12.1 Å². The van der Waals surface area contributed by atoms with E-state index in [0.717, 1.165) is 17.4 Å². The molecule has 0 amide bonds. The van der Waals surface area contributed by atoms with Gasteiger partial charge in [-0.3, -0.25) is 4.79 Å². The van der Waals surface area contributed by atoms with Crippen LogP contribution in [0.3, 0.4) is 0 Å². The fraction of sp³-hybridized carbons (Fsp3) is 0. The SMILES string of the molecule is N#Cc1cc[c]c(-c2ccc(C=O)cc2)c1. The minimum absolute atomic E-state index is 0.605. The maximum absolute atomic E-state index is 10.5. The van der Waals surface area contributed by atoms with Crippen LogP contribution in [0.25, 0.3) is 11.1 Å². The highest BCUT2D eigenvalue weighted by atomic mass is 16.1. The maximum atomic E-state index is 10.5. The molecule has 2 aromatic carbocycles. The van der Waals surface area contributed by atoms with Gasteiger partial charge in [0.05, 0.1) is 11.6 Å². The lowest BCUT2D eigenvalue weighted by molar-refractivity contribution is 0.112. The Kier molecular flexibility index (Phi) is 2.79. The van der Waals surface area contributed by atoms with Crippen molar-refractivity contribution in [2.75, 3.05) is 0 Å². The van der Waals surface area contributed by atoms with Gasteiger partial charge in [-0.25, -0.2) is 0 Å². The van der Waals surface area contributed by atoms with Crippen molar-refractivity contribution in [2.45, 2.75) is 0 Å². The Hall–Kier alpha value is -2.40. The van der Waals surface area contributed by atoms with E-state index in [1.54, 1.807) is 30.3 Å². The topological polar surface area (TPSA) is 40.9 Å². The second-order valence-corrected chi connectivity index (χ2v) is 3.34. The number of carbonyl (C=O) groups is 1. The lowest BCUT2D eigenvalue weighted by Gasteiger charge is -2.01. The van der Waals surface area contributed by atoms with Gasteiger partial charge in [-0.2, -0.15) is 5.26 Å². The number of hydrogen-bond donors (Lipinski definition) is 0. The Bertz CT molecular complexity index is 550. The molecule has 0 unspecified atom stereocenters. The van der Waals surface area contributed by atoms with E-state index in [9.17, 15) is 4.79 Å². The summed E-state index contributed by atoms with van der Waals surface area (Å²) >= 11 is 0. The summed E-state index contributed by atoms with van der Waals surface area (Å²) in [5, 5.41) is 8.78. The van der Waals surface area contributed by atoms with Crippen LogP contribution in [0.1, 0.15) is 15.9 Å². The monoisotopic (exact) mass is 206 g/mol. The fourth-order valence-corrected chi connectivity index (χ4v) is 1.44. The lowest BCUT2D eigenvalue weighted by Crippen LogP contribution is -1.82. The Morgan fingerprint density at radius 1 is 1.19 bits per heavy atom. The third kappa shape index (κ3) is 1.99. The summed E-state index contributed by atoms with van der Waals surface area (Å²) in [6, 6.07) is 17.5. The quantitative estimate of drug-likeness (QED) is 0.709. The summed E-state index contributed by atoms with van der Waals surface area (Å²) in [5.41, 5.74) is 3.05. The molecule has 0 aromatic heterocycles. The van der Waals surface area contributed by atoms with Crippen LogP contribution in [-0.2, 0) is 0 Å².